The minimum absolute atomic E-state index is 0.153. The van der Waals surface area contributed by atoms with Gasteiger partial charge in [0.05, 0.1) is 5.56 Å². The van der Waals surface area contributed by atoms with E-state index in [1.807, 2.05) is 42.5 Å². The molecule has 1 aliphatic heterocycles. The molecule has 0 radical (unpaired) electrons. The zero-order valence-corrected chi connectivity index (χ0v) is 17.8. The summed E-state index contributed by atoms with van der Waals surface area (Å²) < 4.78 is 15.1. The van der Waals surface area contributed by atoms with Gasteiger partial charge in [-0.3, -0.25) is 4.79 Å². The number of carbonyl (C=O) groups is 1. The Hall–Kier alpha value is -4.19. The molecule has 6 heteroatoms. The van der Waals surface area contributed by atoms with Crippen molar-refractivity contribution in [2.45, 2.75) is 12.5 Å². The molecule has 0 bridgehead atoms. The Morgan fingerprint density at radius 1 is 1.00 bits per heavy atom. The van der Waals surface area contributed by atoms with Crippen LogP contribution >= 0.6 is 0 Å². The Bertz CT molecular complexity index is 1470. The molecule has 0 fully saturated rings. The second-order valence-corrected chi connectivity index (χ2v) is 8.22. The van der Waals surface area contributed by atoms with Crippen molar-refractivity contribution < 1.29 is 9.18 Å². The fraction of sp³-hybridized carbons (Fsp3) is 0.111. The highest BCUT2D eigenvalue weighted by Gasteiger charge is 2.37. The molecular formula is C27H21FN4O. The van der Waals surface area contributed by atoms with Gasteiger partial charge in [-0.15, -0.1) is 0 Å². The molecule has 162 valence electrons. The summed E-state index contributed by atoms with van der Waals surface area (Å²) in [5, 5.41) is 1.12. The number of benzene rings is 3. The number of carbonyl (C=O) groups excluding carboxylic acids is 1. The predicted molar refractivity (Wildman–Crippen MR) is 125 cm³/mol. The SMILES string of the molecule is O=C(c1ccccc1-c1ncc[nH]1)N1CCc2c([nH]c3ccccc23)[C@H]1c1ccccc1F. The van der Waals surface area contributed by atoms with Crippen LogP contribution in [0.1, 0.15) is 33.2 Å². The molecule has 3 heterocycles. The summed E-state index contributed by atoms with van der Waals surface area (Å²) >= 11 is 0. The van der Waals surface area contributed by atoms with Crippen molar-refractivity contribution in [3.63, 3.8) is 0 Å². The molecule has 6 rings (SSSR count). The van der Waals surface area contributed by atoms with E-state index in [1.165, 1.54) is 6.07 Å². The number of amides is 1. The maximum absolute atomic E-state index is 15.1. The maximum atomic E-state index is 15.1. The Morgan fingerprint density at radius 3 is 2.64 bits per heavy atom. The summed E-state index contributed by atoms with van der Waals surface area (Å²) in [4.78, 5) is 26.7. The number of aromatic nitrogens is 3. The number of halogens is 1. The van der Waals surface area contributed by atoms with Gasteiger partial charge in [-0.1, -0.05) is 54.6 Å². The second kappa shape index (κ2) is 7.74. The fourth-order valence-corrected chi connectivity index (χ4v) is 4.92. The quantitative estimate of drug-likeness (QED) is 0.393. The molecule has 1 aliphatic rings. The molecule has 0 spiro atoms. The van der Waals surface area contributed by atoms with Crippen molar-refractivity contribution in [3.8, 4) is 11.4 Å². The Labute approximate surface area is 189 Å². The minimum atomic E-state index is -0.556. The molecule has 5 nitrogen and oxygen atoms in total. The van der Waals surface area contributed by atoms with E-state index in [4.69, 9.17) is 0 Å². The topological polar surface area (TPSA) is 64.8 Å². The highest BCUT2D eigenvalue weighted by atomic mass is 19.1. The van der Waals surface area contributed by atoms with Crippen LogP contribution in [0.15, 0.2) is 85.2 Å². The molecule has 1 atom stereocenters. The number of imidazole rings is 1. The van der Waals surface area contributed by atoms with Gasteiger partial charge in [0, 0.05) is 46.7 Å². The minimum Gasteiger partial charge on any atom is -0.356 e. The maximum Gasteiger partial charge on any atom is 0.255 e. The molecule has 0 saturated carbocycles. The summed E-state index contributed by atoms with van der Waals surface area (Å²) in [5.74, 6) is 0.149. The van der Waals surface area contributed by atoms with Crippen molar-refractivity contribution >= 4 is 16.8 Å². The molecule has 0 aliphatic carbocycles. The van der Waals surface area contributed by atoms with Crippen LogP contribution in [0.25, 0.3) is 22.3 Å². The van der Waals surface area contributed by atoms with Crippen molar-refractivity contribution in [2.24, 2.45) is 0 Å². The average Bonchev–Trinajstić information content (AvgIpc) is 3.52. The second-order valence-electron chi connectivity index (χ2n) is 8.22. The third-order valence-electron chi connectivity index (χ3n) is 6.41. The number of nitrogens with one attached hydrogen (secondary N) is 2. The van der Waals surface area contributed by atoms with E-state index in [9.17, 15) is 4.79 Å². The van der Waals surface area contributed by atoms with Gasteiger partial charge in [-0.25, -0.2) is 9.37 Å². The summed E-state index contributed by atoms with van der Waals surface area (Å²) in [5.41, 5.74) is 4.75. The molecule has 2 aromatic heterocycles. The lowest BCUT2D eigenvalue weighted by molar-refractivity contribution is 0.0690. The highest BCUT2D eigenvalue weighted by molar-refractivity contribution is 6.01. The zero-order valence-electron chi connectivity index (χ0n) is 17.8. The first-order valence-electron chi connectivity index (χ1n) is 11.0. The van der Waals surface area contributed by atoms with Gasteiger partial charge in [0.2, 0.25) is 0 Å². The first-order chi connectivity index (χ1) is 16.2. The largest absolute Gasteiger partial charge is 0.356 e. The number of fused-ring (bicyclic) bond motifs is 3. The van der Waals surface area contributed by atoms with Crippen LogP contribution in [-0.4, -0.2) is 32.3 Å². The number of H-pyrrole nitrogens is 2. The first-order valence-corrected chi connectivity index (χ1v) is 11.0. The van der Waals surface area contributed by atoms with Crippen molar-refractivity contribution in [2.75, 3.05) is 6.54 Å². The number of hydrogen-bond acceptors (Lipinski definition) is 2. The third-order valence-corrected chi connectivity index (χ3v) is 6.41. The lowest BCUT2D eigenvalue weighted by Crippen LogP contribution is -2.41. The zero-order chi connectivity index (χ0) is 22.4. The normalized spacial score (nSPS) is 15.5. The molecule has 0 saturated heterocycles. The summed E-state index contributed by atoms with van der Waals surface area (Å²) in [6.07, 6.45) is 4.09. The molecule has 3 aromatic carbocycles. The van der Waals surface area contributed by atoms with E-state index in [2.05, 4.69) is 21.0 Å². The Kier molecular flexibility index (Phi) is 4.57. The fourth-order valence-electron chi connectivity index (χ4n) is 4.92. The van der Waals surface area contributed by atoms with Crippen LogP contribution in [0, 0.1) is 5.82 Å². The molecule has 33 heavy (non-hydrogen) atoms. The van der Waals surface area contributed by atoms with Crippen LogP contribution in [0.3, 0.4) is 0 Å². The van der Waals surface area contributed by atoms with Crippen LogP contribution in [0.4, 0.5) is 4.39 Å². The monoisotopic (exact) mass is 436 g/mol. The predicted octanol–water partition coefficient (Wildman–Crippen LogP) is 5.49. The summed E-state index contributed by atoms with van der Waals surface area (Å²) in [6.45, 7) is 0.485. The number of nitrogens with zero attached hydrogens (tertiary/aromatic N) is 2. The summed E-state index contributed by atoms with van der Waals surface area (Å²) in [7, 11) is 0. The Morgan fingerprint density at radius 2 is 1.79 bits per heavy atom. The standard InChI is InChI=1S/C27H21FN4O/c28-22-11-5-3-10-21(22)25-24-18(17-7-4-6-12-23(17)31-24)13-16-32(25)27(33)20-9-2-1-8-19(20)26-29-14-15-30-26/h1-12,14-15,25,31H,13,16H2,(H,29,30)/t25-/m1/s1. The summed E-state index contributed by atoms with van der Waals surface area (Å²) in [6, 6.07) is 21.6. The van der Waals surface area contributed by atoms with Gasteiger partial charge in [0.25, 0.3) is 5.91 Å². The van der Waals surface area contributed by atoms with E-state index >= 15 is 4.39 Å². The highest BCUT2D eigenvalue weighted by Crippen LogP contribution is 2.40. The van der Waals surface area contributed by atoms with Gasteiger partial charge < -0.3 is 14.9 Å². The first kappa shape index (κ1) is 19.5. The van der Waals surface area contributed by atoms with E-state index in [-0.39, 0.29) is 11.7 Å². The van der Waals surface area contributed by atoms with Gasteiger partial charge in [-0.2, -0.15) is 0 Å². The lowest BCUT2D eigenvalue weighted by atomic mass is 9.91. The van der Waals surface area contributed by atoms with E-state index in [0.717, 1.165) is 27.7 Å². The number of hydrogen-bond donors (Lipinski definition) is 2. The number of aromatic amines is 2. The average molecular weight is 436 g/mol. The molecular weight excluding hydrogens is 415 g/mol. The molecule has 5 aromatic rings. The Balaban J connectivity index is 1.52. The van der Waals surface area contributed by atoms with Crippen molar-refractivity contribution in [1.82, 2.24) is 19.9 Å². The number of para-hydroxylation sites is 1. The van der Waals surface area contributed by atoms with Crippen LogP contribution in [0.5, 0.6) is 0 Å². The molecule has 1 amide bonds. The van der Waals surface area contributed by atoms with Crippen LogP contribution in [-0.2, 0) is 6.42 Å². The number of rotatable bonds is 3. The van der Waals surface area contributed by atoms with Gasteiger partial charge in [-0.05, 0) is 30.2 Å². The lowest BCUT2D eigenvalue weighted by Gasteiger charge is -2.36. The van der Waals surface area contributed by atoms with Crippen molar-refractivity contribution in [1.29, 1.82) is 0 Å². The van der Waals surface area contributed by atoms with E-state index in [0.29, 0.717) is 29.9 Å². The van der Waals surface area contributed by atoms with E-state index in [1.54, 1.807) is 35.5 Å². The van der Waals surface area contributed by atoms with Gasteiger partial charge in [0.1, 0.15) is 17.7 Å². The van der Waals surface area contributed by atoms with E-state index < -0.39 is 6.04 Å². The van der Waals surface area contributed by atoms with Gasteiger partial charge in [0.15, 0.2) is 0 Å². The molecule has 0 unspecified atom stereocenters. The third kappa shape index (κ3) is 3.14. The smallest absolute Gasteiger partial charge is 0.255 e. The molecule has 2 N–H and O–H groups in total. The van der Waals surface area contributed by atoms with Crippen LogP contribution < -0.4 is 0 Å². The van der Waals surface area contributed by atoms with Gasteiger partial charge >= 0.3 is 0 Å². The van der Waals surface area contributed by atoms with Crippen molar-refractivity contribution in [3.05, 3.63) is 113 Å². The van der Waals surface area contributed by atoms with Crippen LogP contribution in [0.2, 0.25) is 0 Å².